The second-order valence-corrected chi connectivity index (χ2v) is 9.57. The van der Waals surface area contributed by atoms with Crippen molar-refractivity contribution in [3.63, 3.8) is 0 Å². The summed E-state index contributed by atoms with van der Waals surface area (Å²) in [5, 5.41) is 19.9. The Morgan fingerprint density at radius 2 is 2.00 bits per heavy atom. The van der Waals surface area contributed by atoms with Crippen molar-refractivity contribution in [3.05, 3.63) is 63.7 Å². The van der Waals surface area contributed by atoms with Gasteiger partial charge in [0, 0.05) is 49.2 Å². The van der Waals surface area contributed by atoms with Gasteiger partial charge in [0.25, 0.3) is 5.69 Å². The summed E-state index contributed by atoms with van der Waals surface area (Å²) in [4.78, 5) is 12.4. The van der Waals surface area contributed by atoms with Crippen LogP contribution in [0.2, 0.25) is 0 Å². The number of nitriles is 1. The molecule has 4 rings (SSSR count). The molecule has 2 aliphatic rings. The molecule has 9 nitrogen and oxygen atoms in total. The molecule has 2 aromatic rings. The van der Waals surface area contributed by atoms with Crippen LogP contribution in [0.4, 0.5) is 5.69 Å². The minimum absolute atomic E-state index is 0.00680. The van der Waals surface area contributed by atoms with E-state index in [1.807, 2.05) is 12.1 Å². The standard InChI is InChI=1S/C21H22N4O5S/c22-11-15-2-7-21-19(10-15)20-13-24(12-16(20)14-30-21)9-1-8-23-31(28,29)18-5-3-17(4-6-18)25(26)27/h2-7,10,16,20,23H,1,8-9,12-14H2/t16-,20+/m0/s1. The lowest BCUT2D eigenvalue weighted by Gasteiger charge is -2.27. The van der Waals surface area contributed by atoms with E-state index < -0.39 is 14.9 Å². The van der Waals surface area contributed by atoms with Crippen LogP contribution in [-0.4, -0.2) is 51.0 Å². The fourth-order valence-corrected chi connectivity index (χ4v) is 5.31. The van der Waals surface area contributed by atoms with Crippen LogP contribution >= 0.6 is 0 Å². The van der Waals surface area contributed by atoms with Gasteiger partial charge in [-0.2, -0.15) is 5.26 Å². The Hall–Kier alpha value is -3.00. The highest BCUT2D eigenvalue weighted by Crippen LogP contribution is 2.41. The van der Waals surface area contributed by atoms with Gasteiger partial charge in [-0.3, -0.25) is 10.1 Å². The average Bonchev–Trinajstić information content (AvgIpc) is 3.20. The number of ether oxygens (including phenoxy) is 1. The summed E-state index contributed by atoms with van der Waals surface area (Å²) in [7, 11) is -3.71. The third-order valence-electron chi connectivity index (χ3n) is 5.81. The Labute approximate surface area is 180 Å². The Morgan fingerprint density at radius 3 is 2.71 bits per heavy atom. The van der Waals surface area contributed by atoms with E-state index in [0.29, 0.717) is 30.4 Å². The molecule has 2 aliphatic heterocycles. The molecular weight excluding hydrogens is 420 g/mol. The Kier molecular flexibility index (Phi) is 5.91. The largest absolute Gasteiger partial charge is 0.493 e. The molecule has 2 atom stereocenters. The van der Waals surface area contributed by atoms with Crippen LogP contribution in [0.3, 0.4) is 0 Å². The van der Waals surface area contributed by atoms with Crippen molar-refractivity contribution >= 4 is 15.7 Å². The van der Waals surface area contributed by atoms with Gasteiger partial charge in [-0.05, 0) is 43.3 Å². The maximum absolute atomic E-state index is 12.4. The van der Waals surface area contributed by atoms with Gasteiger partial charge in [0.05, 0.1) is 28.1 Å². The van der Waals surface area contributed by atoms with Gasteiger partial charge >= 0.3 is 0 Å². The molecule has 2 heterocycles. The van der Waals surface area contributed by atoms with Gasteiger partial charge in [-0.1, -0.05) is 0 Å². The minimum atomic E-state index is -3.71. The fraction of sp³-hybridized carbons (Fsp3) is 0.381. The molecule has 1 saturated heterocycles. The molecule has 1 fully saturated rings. The van der Waals surface area contributed by atoms with Crippen LogP contribution in [0.25, 0.3) is 0 Å². The van der Waals surface area contributed by atoms with Crippen molar-refractivity contribution in [2.45, 2.75) is 17.2 Å². The number of nitrogens with one attached hydrogen (secondary N) is 1. The third-order valence-corrected chi connectivity index (χ3v) is 7.29. The second-order valence-electron chi connectivity index (χ2n) is 7.80. The summed E-state index contributed by atoms with van der Waals surface area (Å²) in [5.41, 5.74) is 1.56. The molecule has 0 aromatic heterocycles. The normalized spacial score (nSPS) is 20.4. The van der Waals surface area contributed by atoms with Crippen molar-refractivity contribution in [2.24, 2.45) is 5.92 Å². The number of hydrogen-bond donors (Lipinski definition) is 1. The fourth-order valence-electron chi connectivity index (χ4n) is 4.24. The number of hydrogen-bond acceptors (Lipinski definition) is 7. The van der Waals surface area contributed by atoms with Crippen molar-refractivity contribution in [3.8, 4) is 11.8 Å². The Morgan fingerprint density at radius 1 is 1.23 bits per heavy atom. The average molecular weight is 442 g/mol. The van der Waals surface area contributed by atoms with Crippen molar-refractivity contribution in [1.82, 2.24) is 9.62 Å². The number of non-ortho nitro benzene ring substituents is 1. The maximum atomic E-state index is 12.4. The van der Waals surface area contributed by atoms with Gasteiger partial charge in [-0.15, -0.1) is 0 Å². The first-order chi connectivity index (χ1) is 14.9. The van der Waals surface area contributed by atoms with Gasteiger partial charge in [-0.25, -0.2) is 13.1 Å². The molecule has 0 saturated carbocycles. The lowest BCUT2D eigenvalue weighted by Crippen LogP contribution is -2.29. The lowest BCUT2D eigenvalue weighted by molar-refractivity contribution is -0.384. The van der Waals surface area contributed by atoms with Crippen LogP contribution in [0.1, 0.15) is 23.5 Å². The Balaban J connectivity index is 1.30. The number of benzene rings is 2. The monoisotopic (exact) mass is 442 g/mol. The number of nitro groups is 1. The minimum Gasteiger partial charge on any atom is -0.493 e. The highest BCUT2D eigenvalue weighted by atomic mass is 32.2. The second kappa shape index (κ2) is 8.63. The van der Waals surface area contributed by atoms with E-state index in [0.717, 1.165) is 30.9 Å². The molecule has 31 heavy (non-hydrogen) atoms. The molecule has 0 spiro atoms. The van der Waals surface area contributed by atoms with Crippen molar-refractivity contribution in [2.75, 3.05) is 32.8 Å². The van der Waals surface area contributed by atoms with Crippen LogP contribution in [0.15, 0.2) is 47.4 Å². The van der Waals surface area contributed by atoms with Crippen LogP contribution in [0.5, 0.6) is 5.75 Å². The summed E-state index contributed by atoms with van der Waals surface area (Å²) in [5.74, 6) is 1.52. The molecule has 0 amide bonds. The highest BCUT2D eigenvalue weighted by molar-refractivity contribution is 7.89. The third kappa shape index (κ3) is 4.54. The van der Waals surface area contributed by atoms with Crippen LogP contribution in [0, 0.1) is 27.4 Å². The summed E-state index contributed by atoms with van der Waals surface area (Å²) < 4.78 is 33.2. The maximum Gasteiger partial charge on any atom is 0.269 e. The first kappa shape index (κ1) is 21.2. The molecule has 0 unspecified atom stereocenters. The first-order valence-corrected chi connectivity index (χ1v) is 11.5. The highest BCUT2D eigenvalue weighted by Gasteiger charge is 2.38. The number of rotatable bonds is 7. The van der Waals surface area contributed by atoms with E-state index in [9.17, 15) is 23.8 Å². The van der Waals surface area contributed by atoms with E-state index in [4.69, 9.17) is 4.74 Å². The van der Waals surface area contributed by atoms with E-state index >= 15 is 0 Å². The number of sulfonamides is 1. The van der Waals surface area contributed by atoms with E-state index in [1.54, 1.807) is 6.07 Å². The summed E-state index contributed by atoms with van der Waals surface area (Å²) >= 11 is 0. The molecule has 0 bridgehead atoms. The number of nitro benzene ring substituents is 1. The SMILES string of the molecule is N#Cc1ccc2c(c1)[C@@H]1CN(CCCNS(=O)(=O)c3ccc([N+](=O)[O-])cc3)C[C@H]1CO2. The quantitative estimate of drug-likeness (QED) is 0.396. The van der Waals surface area contributed by atoms with Crippen molar-refractivity contribution in [1.29, 1.82) is 5.26 Å². The lowest BCUT2D eigenvalue weighted by atomic mass is 9.86. The molecule has 0 radical (unpaired) electrons. The van der Waals surface area contributed by atoms with Crippen LogP contribution < -0.4 is 9.46 Å². The number of likely N-dealkylation sites (tertiary alicyclic amines) is 1. The van der Waals surface area contributed by atoms with E-state index in [1.165, 1.54) is 24.3 Å². The number of fused-ring (bicyclic) bond motifs is 3. The van der Waals surface area contributed by atoms with E-state index in [-0.39, 0.29) is 17.1 Å². The molecule has 162 valence electrons. The smallest absolute Gasteiger partial charge is 0.269 e. The number of nitrogens with zero attached hydrogens (tertiary/aromatic N) is 3. The summed E-state index contributed by atoms with van der Waals surface area (Å²) in [6.45, 7) is 3.38. The van der Waals surface area contributed by atoms with Gasteiger partial charge in [0.2, 0.25) is 10.0 Å². The zero-order valence-electron chi connectivity index (χ0n) is 16.7. The van der Waals surface area contributed by atoms with E-state index in [2.05, 4.69) is 15.7 Å². The Bertz CT molecular complexity index is 1130. The summed E-state index contributed by atoms with van der Waals surface area (Å²) in [6.07, 6.45) is 0.637. The van der Waals surface area contributed by atoms with Crippen LogP contribution in [-0.2, 0) is 10.0 Å². The van der Waals surface area contributed by atoms with Gasteiger partial charge < -0.3 is 9.64 Å². The predicted octanol–water partition coefficient (Wildman–Crippen LogP) is 2.24. The molecule has 2 aromatic carbocycles. The topological polar surface area (TPSA) is 126 Å². The van der Waals surface area contributed by atoms with Crippen molar-refractivity contribution < 1.29 is 18.1 Å². The molecule has 0 aliphatic carbocycles. The summed E-state index contributed by atoms with van der Waals surface area (Å²) in [6, 6.07) is 12.5. The molecular formula is C21H22N4O5S. The zero-order valence-corrected chi connectivity index (χ0v) is 17.5. The van der Waals surface area contributed by atoms with Gasteiger partial charge in [0.15, 0.2) is 0 Å². The molecule has 1 N–H and O–H groups in total. The van der Waals surface area contributed by atoms with Gasteiger partial charge in [0.1, 0.15) is 5.75 Å². The predicted molar refractivity (Wildman–Crippen MR) is 112 cm³/mol. The first-order valence-electron chi connectivity index (χ1n) is 10.0. The molecule has 10 heteroatoms. The zero-order chi connectivity index (χ0) is 22.0.